The molecule has 0 aliphatic heterocycles. The predicted molar refractivity (Wildman–Crippen MR) is 123 cm³/mol. The largest absolute Gasteiger partial charge is 0.338 e. The number of halogens is 1. The molecule has 0 fully saturated rings. The van der Waals surface area contributed by atoms with Gasteiger partial charge in [0.25, 0.3) is 0 Å². The molecule has 0 amide bonds. The molecule has 5 heteroatoms. The Kier molecular flexibility index (Phi) is 5.85. The molecule has 4 rings (SSSR count). The third-order valence-corrected chi connectivity index (χ3v) is 4.96. The zero-order valence-electron chi connectivity index (χ0n) is 17.1. The summed E-state index contributed by atoms with van der Waals surface area (Å²) in [5.74, 6) is 0.755. The summed E-state index contributed by atoms with van der Waals surface area (Å²) < 4.78 is 0. The van der Waals surface area contributed by atoms with Crippen molar-refractivity contribution >= 4 is 34.7 Å². The van der Waals surface area contributed by atoms with Crippen molar-refractivity contribution in [2.45, 2.75) is 33.1 Å². The molecule has 0 bridgehead atoms. The fraction of sp³-hybridized carbons (Fsp3) is 0.208. The Morgan fingerprint density at radius 3 is 2.38 bits per heavy atom. The van der Waals surface area contributed by atoms with Crippen molar-refractivity contribution in [3.8, 4) is 11.3 Å². The Balaban J connectivity index is 0.00000240. The van der Waals surface area contributed by atoms with Gasteiger partial charge in [-0.2, -0.15) is 5.10 Å². The second-order valence-electron chi connectivity index (χ2n) is 8.12. The van der Waals surface area contributed by atoms with Crippen molar-refractivity contribution in [3.63, 3.8) is 0 Å². The van der Waals surface area contributed by atoms with E-state index in [4.69, 9.17) is 0 Å². The summed E-state index contributed by atoms with van der Waals surface area (Å²) in [6.45, 7) is 8.72. The highest BCUT2D eigenvalue weighted by Gasteiger charge is 2.13. The highest BCUT2D eigenvalue weighted by Crippen LogP contribution is 2.30. The second kappa shape index (κ2) is 8.18. The van der Waals surface area contributed by atoms with E-state index in [1.165, 1.54) is 5.56 Å². The highest BCUT2D eigenvalue weighted by atomic mass is 35.5. The molecule has 2 aromatic carbocycles. The van der Waals surface area contributed by atoms with Crippen molar-refractivity contribution in [3.05, 3.63) is 78.1 Å². The number of hydrogen-bond donors (Lipinski definition) is 1. The smallest absolute Gasteiger partial charge is 0.160 e. The van der Waals surface area contributed by atoms with Crippen LogP contribution in [0.2, 0.25) is 0 Å². The zero-order chi connectivity index (χ0) is 19.7. The van der Waals surface area contributed by atoms with Crippen LogP contribution >= 0.6 is 12.4 Å². The van der Waals surface area contributed by atoms with Crippen LogP contribution in [0.25, 0.3) is 22.0 Å². The number of pyridine rings is 1. The number of hydrogen-bond acceptors (Lipinski definition) is 4. The summed E-state index contributed by atoms with van der Waals surface area (Å²) in [6.07, 6.45) is 3.62. The van der Waals surface area contributed by atoms with Crippen molar-refractivity contribution in [1.82, 2.24) is 15.2 Å². The molecule has 29 heavy (non-hydrogen) atoms. The van der Waals surface area contributed by atoms with Crippen molar-refractivity contribution in [2.24, 2.45) is 0 Å². The van der Waals surface area contributed by atoms with Crippen LogP contribution in [0.1, 0.15) is 31.9 Å². The number of benzene rings is 2. The van der Waals surface area contributed by atoms with Gasteiger partial charge in [0, 0.05) is 28.2 Å². The number of nitrogens with zero attached hydrogens (tertiary/aromatic N) is 3. The van der Waals surface area contributed by atoms with Gasteiger partial charge in [0.2, 0.25) is 0 Å². The summed E-state index contributed by atoms with van der Waals surface area (Å²) in [5.41, 5.74) is 5.67. The lowest BCUT2D eigenvalue weighted by Gasteiger charge is -2.19. The number of fused-ring (bicyclic) bond motifs is 1. The van der Waals surface area contributed by atoms with Crippen LogP contribution in [0, 0.1) is 6.92 Å². The Labute approximate surface area is 177 Å². The molecule has 0 atom stereocenters. The van der Waals surface area contributed by atoms with E-state index < -0.39 is 0 Å². The van der Waals surface area contributed by atoms with Crippen molar-refractivity contribution in [1.29, 1.82) is 0 Å². The molecule has 0 unspecified atom stereocenters. The average molecular weight is 405 g/mol. The van der Waals surface area contributed by atoms with E-state index in [1.807, 2.05) is 12.3 Å². The van der Waals surface area contributed by atoms with E-state index in [-0.39, 0.29) is 17.8 Å². The first-order chi connectivity index (χ1) is 13.4. The number of rotatable bonds is 3. The fourth-order valence-corrected chi connectivity index (χ4v) is 3.31. The van der Waals surface area contributed by atoms with Crippen LogP contribution in [0.4, 0.5) is 11.5 Å². The van der Waals surface area contributed by atoms with Crippen LogP contribution < -0.4 is 5.32 Å². The first-order valence-corrected chi connectivity index (χ1v) is 9.47. The average Bonchev–Trinajstić information content (AvgIpc) is 2.68. The van der Waals surface area contributed by atoms with Crippen LogP contribution in [0.15, 0.2) is 67.0 Å². The first-order valence-electron chi connectivity index (χ1n) is 9.47. The Morgan fingerprint density at radius 1 is 0.931 bits per heavy atom. The number of nitrogens with one attached hydrogen (secondary N) is 1. The molecule has 0 saturated carbocycles. The third-order valence-electron chi connectivity index (χ3n) is 4.96. The van der Waals surface area contributed by atoms with Gasteiger partial charge >= 0.3 is 0 Å². The van der Waals surface area contributed by atoms with Gasteiger partial charge < -0.3 is 5.32 Å². The fourth-order valence-electron chi connectivity index (χ4n) is 3.31. The quantitative estimate of drug-likeness (QED) is 0.425. The molecule has 0 aliphatic carbocycles. The molecule has 0 radical (unpaired) electrons. The molecular weight excluding hydrogens is 380 g/mol. The van der Waals surface area contributed by atoms with E-state index in [0.29, 0.717) is 0 Å². The molecule has 2 heterocycles. The minimum Gasteiger partial charge on any atom is -0.338 e. The second-order valence-corrected chi connectivity index (χ2v) is 8.12. The molecule has 0 spiro atoms. The molecule has 148 valence electrons. The summed E-state index contributed by atoms with van der Waals surface area (Å²) in [4.78, 5) is 4.52. The highest BCUT2D eigenvalue weighted by molar-refractivity contribution is 5.95. The standard InChI is InChI=1S/C24H24N4.ClH/c1-16-6-5-13-25-22(16)17-7-12-21-18(14-17)15-26-28-23(21)27-20-10-8-19(9-11-20)24(2,3)4;/h5-15H,1-4H3,(H,27,28);1H. The SMILES string of the molecule is Cc1cccnc1-c1ccc2c(Nc3ccc(C(C)(C)C)cc3)nncc2c1.Cl. The maximum absolute atomic E-state index is 4.52. The minimum absolute atomic E-state index is 0. The maximum Gasteiger partial charge on any atom is 0.160 e. The lowest BCUT2D eigenvalue weighted by Crippen LogP contribution is -2.10. The Morgan fingerprint density at radius 2 is 1.69 bits per heavy atom. The zero-order valence-corrected chi connectivity index (χ0v) is 17.9. The van der Waals surface area contributed by atoms with Crippen molar-refractivity contribution < 1.29 is 0 Å². The maximum atomic E-state index is 4.52. The van der Waals surface area contributed by atoms with Gasteiger partial charge in [0.15, 0.2) is 5.82 Å². The van der Waals surface area contributed by atoms with Gasteiger partial charge in [0.05, 0.1) is 11.9 Å². The lowest BCUT2D eigenvalue weighted by atomic mass is 9.87. The Hall–Kier alpha value is -2.98. The van der Waals surface area contributed by atoms with E-state index >= 15 is 0 Å². The van der Waals surface area contributed by atoms with Gasteiger partial charge in [-0.15, -0.1) is 17.5 Å². The number of anilines is 2. The summed E-state index contributed by atoms with van der Waals surface area (Å²) in [7, 11) is 0. The van der Waals surface area contributed by atoms with Crippen molar-refractivity contribution in [2.75, 3.05) is 5.32 Å². The minimum atomic E-state index is 0. The van der Waals surface area contributed by atoms with Gasteiger partial charge in [-0.1, -0.05) is 45.0 Å². The molecule has 2 aromatic heterocycles. The van der Waals surface area contributed by atoms with Crippen LogP contribution in [-0.2, 0) is 5.41 Å². The third kappa shape index (κ3) is 4.38. The van der Waals surface area contributed by atoms with Gasteiger partial charge in [-0.05, 0) is 53.8 Å². The van der Waals surface area contributed by atoms with E-state index in [2.05, 4.69) is 96.7 Å². The molecular formula is C24H25ClN4. The Bertz CT molecular complexity index is 1130. The first kappa shape index (κ1) is 20.7. The van der Waals surface area contributed by atoms with E-state index in [1.54, 1.807) is 6.20 Å². The lowest BCUT2D eigenvalue weighted by molar-refractivity contribution is 0.590. The van der Waals surface area contributed by atoms with Crippen LogP contribution in [0.3, 0.4) is 0 Å². The molecule has 4 nitrogen and oxygen atoms in total. The normalized spacial score (nSPS) is 11.2. The number of aromatic nitrogens is 3. The summed E-state index contributed by atoms with van der Waals surface area (Å²) >= 11 is 0. The van der Waals surface area contributed by atoms with Crippen LogP contribution in [-0.4, -0.2) is 15.2 Å². The molecule has 0 aliphatic rings. The van der Waals surface area contributed by atoms with Gasteiger partial charge in [-0.25, -0.2) is 0 Å². The van der Waals surface area contributed by atoms with Gasteiger partial charge in [0.1, 0.15) is 0 Å². The topological polar surface area (TPSA) is 50.7 Å². The molecule has 4 aromatic rings. The summed E-state index contributed by atoms with van der Waals surface area (Å²) in [5, 5.41) is 14.0. The van der Waals surface area contributed by atoms with Gasteiger partial charge in [-0.3, -0.25) is 4.98 Å². The monoisotopic (exact) mass is 404 g/mol. The van der Waals surface area contributed by atoms with E-state index in [0.717, 1.165) is 39.1 Å². The molecule has 1 N–H and O–H groups in total. The predicted octanol–water partition coefficient (Wildman–Crippen LogP) is 6.46. The number of aryl methyl sites for hydroxylation is 1. The van der Waals surface area contributed by atoms with Crippen LogP contribution in [0.5, 0.6) is 0 Å². The molecule has 0 saturated heterocycles. The summed E-state index contributed by atoms with van der Waals surface area (Å²) in [6, 6.07) is 18.8. The van der Waals surface area contributed by atoms with E-state index in [9.17, 15) is 0 Å².